The summed E-state index contributed by atoms with van der Waals surface area (Å²) in [4.78, 5) is 45.8. The Morgan fingerprint density at radius 2 is 2.17 bits per heavy atom. The number of rotatable bonds is 6. The van der Waals surface area contributed by atoms with Crippen LogP contribution < -0.4 is 10.6 Å². The third kappa shape index (κ3) is 4.06. The minimum atomic E-state index is -1.08. The van der Waals surface area contributed by atoms with E-state index in [-0.39, 0.29) is 24.4 Å². The van der Waals surface area contributed by atoms with Crippen LogP contribution in [0.4, 0.5) is 5.69 Å². The third-order valence-electron chi connectivity index (χ3n) is 3.73. The highest BCUT2D eigenvalue weighted by molar-refractivity contribution is 5.93. The average Bonchev–Trinajstić information content (AvgIpc) is 3.00. The van der Waals surface area contributed by atoms with E-state index in [1.54, 1.807) is 6.07 Å². The summed E-state index contributed by atoms with van der Waals surface area (Å²) in [6, 6.07) is 4.16. The fraction of sp³-hybridized carbons (Fsp3) is 0.400. The van der Waals surface area contributed by atoms with E-state index in [1.807, 2.05) is 0 Å². The summed E-state index contributed by atoms with van der Waals surface area (Å²) >= 11 is 0. The topological polar surface area (TPSA) is 128 Å². The van der Waals surface area contributed by atoms with Crippen molar-refractivity contribution in [2.45, 2.75) is 31.3 Å². The van der Waals surface area contributed by atoms with E-state index in [4.69, 9.17) is 0 Å². The molecule has 1 aromatic carbocycles. The van der Waals surface area contributed by atoms with E-state index in [2.05, 4.69) is 15.4 Å². The van der Waals surface area contributed by atoms with Crippen LogP contribution in [0.15, 0.2) is 24.3 Å². The zero-order valence-electron chi connectivity index (χ0n) is 13.0. The van der Waals surface area contributed by atoms with Gasteiger partial charge in [0.15, 0.2) is 0 Å². The molecule has 0 aliphatic carbocycles. The first kappa shape index (κ1) is 17.4. The Hall–Kier alpha value is -2.97. The van der Waals surface area contributed by atoms with Crippen molar-refractivity contribution in [3.8, 4) is 0 Å². The van der Waals surface area contributed by atoms with Gasteiger partial charge in [0, 0.05) is 24.5 Å². The molecule has 2 rings (SSSR count). The lowest BCUT2D eigenvalue weighted by Crippen LogP contribution is -2.50. The average molecular weight is 335 g/mol. The first-order chi connectivity index (χ1) is 11.4. The number of amides is 2. The monoisotopic (exact) mass is 335 g/mol. The molecular formula is C15H17N3O6. The second-order valence-electron chi connectivity index (χ2n) is 5.33. The molecule has 2 N–H and O–H groups in total. The van der Waals surface area contributed by atoms with Crippen LogP contribution in [0.1, 0.15) is 18.4 Å². The van der Waals surface area contributed by atoms with Crippen molar-refractivity contribution in [1.29, 1.82) is 0 Å². The zero-order valence-corrected chi connectivity index (χ0v) is 13.0. The molecule has 9 heteroatoms. The van der Waals surface area contributed by atoms with Gasteiger partial charge in [0.05, 0.1) is 12.0 Å². The molecule has 0 spiro atoms. The molecule has 0 radical (unpaired) electrons. The molecule has 9 nitrogen and oxygen atoms in total. The summed E-state index contributed by atoms with van der Waals surface area (Å²) in [6.45, 7) is 0. The number of nitrogens with one attached hydrogen (secondary N) is 2. The summed E-state index contributed by atoms with van der Waals surface area (Å²) in [7, 11) is 1.16. The van der Waals surface area contributed by atoms with Gasteiger partial charge in [-0.3, -0.25) is 19.7 Å². The lowest BCUT2D eigenvalue weighted by molar-refractivity contribution is -0.385. The maximum Gasteiger partial charge on any atom is 0.328 e. The van der Waals surface area contributed by atoms with Gasteiger partial charge in [0.25, 0.3) is 5.69 Å². The van der Waals surface area contributed by atoms with Gasteiger partial charge in [0.2, 0.25) is 11.8 Å². The maximum absolute atomic E-state index is 12.2. The Balaban J connectivity index is 2.14. The van der Waals surface area contributed by atoms with Gasteiger partial charge < -0.3 is 15.4 Å². The number of methoxy groups -OCH3 is 1. The highest BCUT2D eigenvalue weighted by Gasteiger charge is 2.31. The molecular weight excluding hydrogens is 318 g/mol. The van der Waals surface area contributed by atoms with E-state index in [0.717, 1.165) is 7.11 Å². The van der Waals surface area contributed by atoms with Crippen molar-refractivity contribution in [3.05, 3.63) is 39.9 Å². The SMILES string of the molecule is COC(=O)[C@H](Cc1ccccc1[N+](=O)[O-])NC(=O)[C@@H]1CCC(=O)N1. The molecule has 0 unspecified atom stereocenters. The number of nitrogens with zero attached hydrogens (tertiary/aromatic N) is 1. The number of hydrogen-bond donors (Lipinski definition) is 2. The Morgan fingerprint density at radius 3 is 2.75 bits per heavy atom. The predicted octanol–water partition coefficient (Wildman–Crippen LogP) is 0.0737. The molecule has 2 atom stereocenters. The van der Waals surface area contributed by atoms with Gasteiger partial charge in [-0.15, -0.1) is 0 Å². The molecule has 1 aliphatic rings. The van der Waals surface area contributed by atoms with Crippen LogP contribution in [-0.2, 0) is 25.5 Å². The minimum Gasteiger partial charge on any atom is -0.467 e. The summed E-state index contributed by atoms with van der Waals surface area (Å²) in [5.41, 5.74) is 0.156. The summed E-state index contributed by atoms with van der Waals surface area (Å²) in [6.07, 6.45) is 0.491. The molecule has 1 heterocycles. The van der Waals surface area contributed by atoms with E-state index in [9.17, 15) is 24.5 Å². The summed E-state index contributed by atoms with van der Waals surface area (Å²) in [5, 5.41) is 16.1. The molecule has 24 heavy (non-hydrogen) atoms. The Bertz CT molecular complexity index is 675. The molecule has 0 aromatic heterocycles. The lowest BCUT2D eigenvalue weighted by atomic mass is 10.0. The summed E-state index contributed by atoms with van der Waals surface area (Å²) < 4.78 is 4.66. The van der Waals surface area contributed by atoms with Gasteiger partial charge in [-0.1, -0.05) is 18.2 Å². The number of benzene rings is 1. The standard InChI is InChI=1S/C15H17N3O6/c1-24-15(21)11(17-14(20)10-6-7-13(19)16-10)8-9-4-2-3-5-12(9)18(22)23/h2-5,10-11H,6-8H2,1H3,(H,16,19)(H,17,20)/t10-,11-/m0/s1. The van der Waals surface area contributed by atoms with Gasteiger partial charge in [-0.05, 0) is 6.42 Å². The van der Waals surface area contributed by atoms with Crippen molar-refractivity contribution in [2.75, 3.05) is 7.11 Å². The maximum atomic E-state index is 12.2. The zero-order chi connectivity index (χ0) is 17.7. The molecule has 0 saturated carbocycles. The normalized spacial score (nSPS) is 17.7. The van der Waals surface area contributed by atoms with Crippen molar-refractivity contribution >= 4 is 23.5 Å². The van der Waals surface area contributed by atoms with Crippen LogP contribution in [0.5, 0.6) is 0 Å². The quantitative estimate of drug-likeness (QED) is 0.430. The van der Waals surface area contributed by atoms with Crippen LogP contribution in [0.2, 0.25) is 0 Å². The number of nitro groups is 1. The van der Waals surface area contributed by atoms with Crippen LogP contribution in [-0.4, -0.2) is 41.9 Å². The molecule has 2 amide bonds. The Morgan fingerprint density at radius 1 is 1.46 bits per heavy atom. The van der Waals surface area contributed by atoms with Gasteiger partial charge in [0.1, 0.15) is 12.1 Å². The van der Waals surface area contributed by atoms with E-state index < -0.39 is 28.9 Å². The molecule has 1 aliphatic heterocycles. The van der Waals surface area contributed by atoms with E-state index >= 15 is 0 Å². The first-order valence-corrected chi connectivity index (χ1v) is 7.32. The number of esters is 1. The number of carbonyl (C=O) groups is 3. The number of nitro benzene ring substituents is 1. The number of para-hydroxylation sites is 1. The number of hydrogen-bond acceptors (Lipinski definition) is 6. The van der Waals surface area contributed by atoms with Gasteiger partial charge in [-0.2, -0.15) is 0 Å². The largest absolute Gasteiger partial charge is 0.467 e. The highest BCUT2D eigenvalue weighted by Crippen LogP contribution is 2.20. The molecule has 1 aromatic rings. The Labute approximate surface area is 137 Å². The molecule has 1 saturated heterocycles. The van der Waals surface area contributed by atoms with Crippen LogP contribution in [0.3, 0.4) is 0 Å². The number of ether oxygens (including phenoxy) is 1. The Kier molecular flexibility index (Phi) is 5.46. The van der Waals surface area contributed by atoms with Crippen LogP contribution in [0, 0.1) is 10.1 Å². The fourth-order valence-corrected chi connectivity index (χ4v) is 2.50. The third-order valence-corrected chi connectivity index (χ3v) is 3.73. The van der Waals surface area contributed by atoms with Crippen LogP contribution >= 0.6 is 0 Å². The van der Waals surface area contributed by atoms with Crippen LogP contribution in [0.25, 0.3) is 0 Å². The van der Waals surface area contributed by atoms with E-state index in [1.165, 1.54) is 18.2 Å². The van der Waals surface area contributed by atoms with Crippen molar-refractivity contribution < 1.29 is 24.0 Å². The molecule has 0 bridgehead atoms. The van der Waals surface area contributed by atoms with Gasteiger partial charge >= 0.3 is 5.97 Å². The lowest BCUT2D eigenvalue weighted by Gasteiger charge is -2.19. The van der Waals surface area contributed by atoms with E-state index in [0.29, 0.717) is 12.0 Å². The van der Waals surface area contributed by atoms with Crippen molar-refractivity contribution in [3.63, 3.8) is 0 Å². The van der Waals surface area contributed by atoms with Gasteiger partial charge in [-0.25, -0.2) is 4.79 Å². The predicted molar refractivity (Wildman–Crippen MR) is 81.9 cm³/mol. The highest BCUT2D eigenvalue weighted by atomic mass is 16.6. The fourth-order valence-electron chi connectivity index (χ4n) is 2.50. The molecule has 1 fully saturated rings. The second kappa shape index (κ2) is 7.53. The molecule has 128 valence electrons. The minimum absolute atomic E-state index is 0.0871. The first-order valence-electron chi connectivity index (χ1n) is 7.32. The second-order valence-corrected chi connectivity index (χ2v) is 5.33. The smallest absolute Gasteiger partial charge is 0.328 e. The van der Waals surface area contributed by atoms with Crippen molar-refractivity contribution in [2.24, 2.45) is 0 Å². The number of carbonyl (C=O) groups excluding carboxylic acids is 3. The summed E-state index contributed by atoms with van der Waals surface area (Å²) in [5.74, 6) is -1.47. The van der Waals surface area contributed by atoms with Crippen molar-refractivity contribution in [1.82, 2.24) is 10.6 Å².